The first-order valence-electron chi connectivity index (χ1n) is 18.0. The van der Waals surface area contributed by atoms with Crippen LogP contribution in [0.15, 0.2) is 97.1 Å². The standard InChI is InChI=1S/C22H30N2O2.C20H26N2O2.2ClH/c1-18(20-7-5-4-6-8-20)24-15-13-23(14-16-24)12-11-19-9-10-21(25-2)22(17-19)26-3;1-23-19-9-8-17(16-20(19)24-2)10-11-21-12-14-22(15-13-21)18-6-4-3-5-7-18;;/h4-10,17-18H,11-16H2,1-3H3;3-9,16H,10-15H2,1-2H3;2*1H. The second-order valence-electron chi connectivity index (χ2n) is 13.0. The highest BCUT2D eigenvalue weighted by atomic mass is 35.5. The number of benzene rings is 4. The van der Waals surface area contributed by atoms with Crippen LogP contribution in [-0.4, -0.2) is 109 Å². The van der Waals surface area contributed by atoms with Crippen molar-refractivity contribution in [3.63, 3.8) is 0 Å². The fraction of sp³-hybridized carbons (Fsp3) is 0.429. The van der Waals surface area contributed by atoms with E-state index in [-0.39, 0.29) is 24.8 Å². The molecule has 2 aliphatic heterocycles. The number of methoxy groups -OCH3 is 4. The van der Waals surface area contributed by atoms with Crippen LogP contribution in [0.4, 0.5) is 5.69 Å². The fourth-order valence-electron chi connectivity index (χ4n) is 6.83. The van der Waals surface area contributed by atoms with E-state index in [2.05, 4.69) is 111 Å². The Morgan fingerprint density at radius 3 is 1.37 bits per heavy atom. The average Bonchev–Trinajstić information content (AvgIpc) is 3.20. The average molecular weight is 754 g/mol. The second-order valence-corrected chi connectivity index (χ2v) is 13.0. The lowest BCUT2D eigenvalue weighted by molar-refractivity contribution is 0.103. The molecule has 0 aliphatic carbocycles. The highest BCUT2D eigenvalue weighted by molar-refractivity contribution is 5.85. The van der Waals surface area contributed by atoms with Crippen molar-refractivity contribution in [2.24, 2.45) is 0 Å². The summed E-state index contributed by atoms with van der Waals surface area (Å²) in [6.45, 7) is 13.4. The zero-order valence-corrected chi connectivity index (χ0v) is 33.2. The molecule has 0 saturated carbocycles. The topological polar surface area (TPSA) is 49.9 Å². The van der Waals surface area contributed by atoms with Gasteiger partial charge in [0.15, 0.2) is 23.0 Å². The normalized spacial score (nSPS) is 15.6. The monoisotopic (exact) mass is 752 g/mol. The number of nitrogens with zero attached hydrogens (tertiary/aromatic N) is 4. The molecule has 0 aromatic heterocycles. The first-order valence-corrected chi connectivity index (χ1v) is 18.0. The summed E-state index contributed by atoms with van der Waals surface area (Å²) in [4.78, 5) is 10.1. The molecule has 284 valence electrons. The van der Waals surface area contributed by atoms with Crippen LogP contribution in [0.3, 0.4) is 0 Å². The minimum Gasteiger partial charge on any atom is -0.493 e. The van der Waals surface area contributed by atoms with Gasteiger partial charge in [-0.25, -0.2) is 0 Å². The van der Waals surface area contributed by atoms with E-state index < -0.39 is 0 Å². The number of piperazine rings is 2. The van der Waals surface area contributed by atoms with Gasteiger partial charge < -0.3 is 28.7 Å². The summed E-state index contributed by atoms with van der Waals surface area (Å²) in [5, 5.41) is 0. The van der Waals surface area contributed by atoms with Crippen LogP contribution >= 0.6 is 24.8 Å². The number of ether oxygens (including phenoxy) is 4. The Kier molecular flexibility index (Phi) is 18.4. The maximum absolute atomic E-state index is 5.41. The van der Waals surface area contributed by atoms with E-state index in [9.17, 15) is 0 Å². The van der Waals surface area contributed by atoms with E-state index in [4.69, 9.17) is 18.9 Å². The zero-order valence-electron chi connectivity index (χ0n) is 31.5. The lowest BCUT2D eigenvalue weighted by Gasteiger charge is -2.38. The van der Waals surface area contributed by atoms with E-state index in [0.717, 1.165) is 101 Å². The van der Waals surface area contributed by atoms with Gasteiger partial charge in [0.1, 0.15) is 0 Å². The van der Waals surface area contributed by atoms with Crippen molar-refractivity contribution in [2.45, 2.75) is 25.8 Å². The van der Waals surface area contributed by atoms with Crippen molar-refractivity contribution in [3.05, 3.63) is 114 Å². The van der Waals surface area contributed by atoms with Crippen LogP contribution in [0, 0.1) is 0 Å². The molecule has 0 radical (unpaired) electrons. The molecular formula is C42H58Cl2N4O4. The Morgan fingerprint density at radius 1 is 0.500 bits per heavy atom. The molecule has 0 bridgehead atoms. The zero-order chi connectivity index (χ0) is 35.1. The third-order valence-electron chi connectivity index (χ3n) is 10.1. The Balaban J connectivity index is 0.000000271. The number of rotatable bonds is 13. The maximum Gasteiger partial charge on any atom is 0.160 e. The van der Waals surface area contributed by atoms with Gasteiger partial charge in [0.2, 0.25) is 0 Å². The summed E-state index contributed by atoms with van der Waals surface area (Å²) < 4.78 is 21.4. The minimum absolute atomic E-state index is 0. The van der Waals surface area contributed by atoms with E-state index in [1.807, 2.05) is 12.1 Å². The SMILES string of the molecule is COc1ccc(CCN2CCN(C(C)c3ccccc3)CC2)cc1OC.COc1ccc(CCN2CCN(c3ccccc3)CC2)cc1OC.Cl.Cl. The minimum atomic E-state index is 0. The molecule has 2 aliphatic rings. The summed E-state index contributed by atoms with van der Waals surface area (Å²) in [6, 6.07) is 34.4. The summed E-state index contributed by atoms with van der Waals surface area (Å²) in [7, 11) is 6.72. The first kappa shape index (κ1) is 42.8. The van der Waals surface area contributed by atoms with Crippen molar-refractivity contribution in [2.75, 3.05) is 98.8 Å². The molecule has 1 atom stereocenters. The summed E-state index contributed by atoms with van der Waals surface area (Å²) >= 11 is 0. The number of para-hydroxylation sites is 1. The largest absolute Gasteiger partial charge is 0.493 e. The van der Waals surface area contributed by atoms with Crippen molar-refractivity contribution in [1.82, 2.24) is 14.7 Å². The molecule has 6 rings (SSSR count). The summed E-state index contributed by atoms with van der Waals surface area (Å²) in [6.07, 6.45) is 2.07. The molecule has 2 saturated heterocycles. The van der Waals surface area contributed by atoms with Gasteiger partial charge in [-0.1, -0.05) is 60.7 Å². The van der Waals surface area contributed by atoms with Gasteiger partial charge in [-0.3, -0.25) is 9.80 Å². The second kappa shape index (κ2) is 22.4. The third-order valence-corrected chi connectivity index (χ3v) is 10.1. The molecule has 4 aromatic rings. The molecule has 1 unspecified atom stereocenters. The van der Waals surface area contributed by atoms with Gasteiger partial charge in [-0.15, -0.1) is 24.8 Å². The quantitative estimate of drug-likeness (QED) is 0.139. The molecule has 2 heterocycles. The fourth-order valence-corrected chi connectivity index (χ4v) is 6.83. The van der Waals surface area contributed by atoms with Crippen LogP contribution in [0.1, 0.15) is 29.7 Å². The third kappa shape index (κ3) is 12.2. The number of halogens is 2. The predicted molar refractivity (Wildman–Crippen MR) is 219 cm³/mol. The maximum atomic E-state index is 5.41. The summed E-state index contributed by atoms with van der Waals surface area (Å²) in [5.74, 6) is 3.20. The Bertz CT molecular complexity index is 1570. The molecule has 2 fully saturated rings. The van der Waals surface area contributed by atoms with Gasteiger partial charge in [0.25, 0.3) is 0 Å². The van der Waals surface area contributed by atoms with E-state index in [1.54, 1.807) is 28.4 Å². The molecule has 4 aromatic carbocycles. The predicted octanol–water partition coefficient (Wildman–Crippen LogP) is 7.54. The van der Waals surface area contributed by atoms with Gasteiger partial charge in [-0.2, -0.15) is 0 Å². The van der Waals surface area contributed by atoms with Crippen LogP contribution in [0.5, 0.6) is 23.0 Å². The number of hydrogen-bond donors (Lipinski definition) is 0. The van der Waals surface area contributed by atoms with Gasteiger partial charge in [-0.05, 0) is 72.9 Å². The number of anilines is 1. The van der Waals surface area contributed by atoms with Crippen molar-refractivity contribution in [3.8, 4) is 23.0 Å². The van der Waals surface area contributed by atoms with Gasteiger partial charge in [0.05, 0.1) is 28.4 Å². The highest BCUT2D eigenvalue weighted by Crippen LogP contribution is 2.29. The smallest absolute Gasteiger partial charge is 0.160 e. The molecule has 0 N–H and O–H groups in total. The van der Waals surface area contributed by atoms with Crippen molar-refractivity contribution in [1.29, 1.82) is 0 Å². The lowest BCUT2D eigenvalue weighted by atomic mass is 10.1. The molecular weight excluding hydrogens is 695 g/mol. The molecule has 10 heteroatoms. The van der Waals surface area contributed by atoms with E-state index >= 15 is 0 Å². The van der Waals surface area contributed by atoms with Gasteiger partial charge >= 0.3 is 0 Å². The molecule has 8 nitrogen and oxygen atoms in total. The Morgan fingerprint density at radius 2 is 0.923 bits per heavy atom. The molecule has 52 heavy (non-hydrogen) atoms. The highest BCUT2D eigenvalue weighted by Gasteiger charge is 2.22. The lowest BCUT2D eigenvalue weighted by Crippen LogP contribution is -2.47. The Hall–Kier alpha value is -3.66. The number of hydrogen-bond acceptors (Lipinski definition) is 8. The Labute approximate surface area is 324 Å². The molecule has 0 spiro atoms. The van der Waals surface area contributed by atoms with Crippen LogP contribution in [0.25, 0.3) is 0 Å². The van der Waals surface area contributed by atoms with Crippen LogP contribution < -0.4 is 23.8 Å². The first-order chi connectivity index (χ1) is 24.5. The van der Waals surface area contributed by atoms with Crippen molar-refractivity contribution < 1.29 is 18.9 Å². The summed E-state index contributed by atoms with van der Waals surface area (Å²) in [5.41, 5.74) is 5.32. The van der Waals surface area contributed by atoms with Crippen LogP contribution in [-0.2, 0) is 12.8 Å². The van der Waals surface area contributed by atoms with Crippen LogP contribution in [0.2, 0.25) is 0 Å². The van der Waals surface area contributed by atoms with E-state index in [0.29, 0.717) is 6.04 Å². The van der Waals surface area contributed by atoms with Crippen molar-refractivity contribution >= 4 is 30.5 Å². The van der Waals surface area contributed by atoms with E-state index in [1.165, 1.54) is 22.4 Å². The molecule has 0 amide bonds. The van der Waals surface area contributed by atoms with Gasteiger partial charge in [0, 0.05) is 77.2 Å².